The molecule has 0 aliphatic rings. The Hall–Kier alpha value is -1.28. The SMILES string of the molecule is C=CCc1cc(C(C)N)ccc1OCCCCCC. The van der Waals surface area contributed by atoms with Crippen molar-refractivity contribution in [3.8, 4) is 5.75 Å². The molecule has 106 valence electrons. The largest absolute Gasteiger partial charge is 0.493 e. The molecule has 0 saturated heterocycles. The third-order valence-electron chi connectivity index (χ3n) is 3.23. The van der Waals surface area contributed by atoms with E-state index in [1.54, 1.807) is 0 Å². The number of nitrogens with two attached hydrogens (primary N) is 1. The first-order chi connectivity index (χ1) is 9.19. The van der Waals surface area contributed by atoms with E-state index in [9.17, 15) is 0 Å². The van der Waals surface area contributed by atoms with Crippen molar-refractivity contribution in [2.75, 3.05) is 6.61 Å². The molecule has 0 saturated carbocycles. The molecular weight excluding hydrogens is 234 g/mol. The molecule has 0 heterocycles. The van der Waals surface area contributed by atoms with Gasteiger partial charge in [-0.25, -0.2) is 0 Å². The fraction of sp³-hybridized carbons (Fsp3) is 0.529. The number of unbranched alkanes of at least 4 members (excludes halogenated alkanes) is 3. The second-order valence-corrected chi connectivity index (χ2v) is 5.06. The monoisotopic (exact) mass is 261 g/mol. The van der Waals surface area contributed by atoms with Crippen LogP contribution in [0.25, 0.3) is 0 Å². The lowest BCUT2D eigenvalue weighted by Crippen LogP contribution is -2.07. The lowest BCUT2D eigenvalue weighted by Gasteiger charge is -2.14. The summed E-state index contributed by atoms with van der Waals surface area (Å²) in [7, 11) is 0. The van der Waals surface area contributed by atoms with Crippen LogP contribution in [0.5, 0.6) is 5.75 Å². The molecule has 1 atom stereocenters. The minimum absolute atomic E-state index is 0.0576. The molecule has 2 N–H and O–H groups in total. The number of benzene rings is 1. The maximum Gasteiger partial charge on any atom is 0.122 e. The van der Waals surface area contributed by atoms with Crippen molar-refractivity contribution in [1.82, 2.24) is 0 Å². The summed E-state index contributed by atoms with van der Waals surface area (Å²) in [5.74, 6) is 0.973. The molecule has 1 aromatic carbocycles. The standard InChI is InChI=1S/C17H27NO/c1-4-6-7-8-12-19-17-11-10-15(14(3)18)13-16(17)9-5-2/h5,10-11,13-14H,2,4,6-9,12,18H2,1,3H3. The van der Waals surface area contributed by atoms with Crippen LogP contribution in [0, 0.1) is 0 Å². The minimum atomic E-state index is 0.0576. The van der Waals surface area contributed by atoms with Gasteiger partial charge in [-0.2, -0.15) is 0 Å². The number of hydrogen-bond donors (Lipinski definition) is 1. The van der Waals surface area contributed by atoms with Crippen molar-refractivity contribution in [3.63, 3.8) is 0 Å². The van der Waals surface area contributed by atoms with Gasteiger partial charge in [-0.3, -0.25) is 0 Å². The van der Waals surface area contributed by atoms with Crippen LogP contribution in [-0.4, -0.2) is 6.61 Å². The highest BCUT2D eigenvalue weighted by Crippen LogP contribution is 2.24. The zero-order valence-electron chi connectivity index (χ0n) is 12.3. The fourth-order valence-corrected chi connectivity index (χ4v) is 2.05. The smallest absolute Gasteiger partial charge is 0.122 e. The predicted octanol–water partition coefficient (Wildman–Crippen LogP) is 4.39. The maximum absolute atomic E-state index is 5.92. The summed E-state index contributed by atoms with van der Waals surface area (Å²) in [6.07, 6.45) is 7.63. The topological polar surface area (TPSA) is 35.2 Å². The van der Waals surface area contributed by atoms with Gasteiger partial charge in [0.05, 0.1) is 6.61 Å². The van der Waals surface area contributed by atoms with Crippen LogP contribution in [0.4, 0.5) is 0 Å². The molecule has 1 aromatic rings. The second-order valence-electron chi connectivity index (χ2n) is 5.06. The van der Waals surface area contributed by atoms with E-state index in [4.69, 9.17) is 10.5 Å². The van der Waals surface area contributed by atoms with Crippen molar-refractivity contribution in [2.24, 2.45) is 5.73 Å². The van der Waals surface area contributed by atoms with E-state index in [0.717, 1.165) is 30.8 Å². The first kappa shape index (κ1) is 15.8. The first-order valence-corrected chi connectivity index (χ1v) is 7.31. The van der Waals surface area contributed by atoms with Gasteiger partial charge >= 0.3 is 0 Å². The van der Waals surface area contributed by atoms with Crippen molar-refractivity contribution in [1.29, 1.82) is 0 Å². The Balaban J connectivity index is 2.62. The van der Waals surface area contributed by atoms with Gasteiger partial charge < -0.3 is 10.5 Å². The summed E-state index contributed by atoms with van der Waals surface area (Å²) < 4.78 is 5.88. The molecule has 0 spiro atoms. The lowest BCUT2D eigenvalue weighted by atomic mass is 10.0. The van der Waals surface area contributed by atoms with Crippen LogP contribution < -0.4 is 10.5 Å². The Labute approximate surface area is 117 Å². The molecule has 0 radical (unpaired) electrons. The van der Waals surface area contributed by atoms with Gasteiger partial charge in [-0.15, -0.1) is 6.58 Å². The quantitative estimate of drug-likeness (QED) is 0.528. The highest BCUT2D eigenvalue weighted by atomic mass is 16.5. The van der Waals surface area contributed by atoms with Gasteiger partial charge in [-0.05, 0) is 37.0 Å². The average Bonchev–Trinajstić information content (AvgIpc) is 2.40. The van der Waals surface area contributed by atoms with Gasteiger partial charge in [0.25, 0.3) is 0 Å². The Kier molecular flexibility index (Phi) is 7.27. The van der Waals surface area contributed by atoms with E-state index in [1.165, 1.54) is 24.8 Å². The Morgan fingerprint density at radius 1 is 1.32 bits per heavy atom. The van der Waals surface area contributed by atoms with Crippen LogP contribution in [-0.2, 0) is 6.42 Å². The molecule has 2 heteroatoms. The summed E-state index contributed by atoms with van der Waals surface area (Å²) in [4.78, 5) is 0. The summed E-state index contributed by atoms with van der Waals surface area (Å²) in [5.41, 5.74) is 8.25. The predicted molar refractivity (Wildman–Crippen MR) is 82.6 cm³/mol. The Morgan fingerprint density at radius 3 is 2.74 bits per heavy atom. The van der Waals surface area contributed by atoms with Gasteiger partial charge in [0, 0.05) is 6.04 Å². The highest BCUT2D eigenvalue weighted by molar-refractivity contribution is 5.39. The molecule has 0 amide bonds. The second kappa shape index (κ2) is 8.76. The summed E-state index contributed by atoms with van der Waals surface area (Å²) in [6, 6.07) is 6.28. The van der Waals surface area contributed by atoms with Crippen LogP contribution in [0.1, 0.15) is 56.7 Å². The Morgan fingerprint density at radius 2 is 2.11 bits per heavy atom. The van der Waals surface area contributed by atoms with Gasteiger partial charge in [0.2, 0.25) is 0 Å². The summed E-state index contributed by atoms with van der Waals surface area (Å²) in [5, 5.41) is 0. The van der Waals surface area contributed by atoms with Crippen molar-refractivity contribution in [2.45, 2.75) is 52.0 Å². The normalized spacial score (nSPS) is 12.2. The van der Waals surface area contributed by atoms with E-state index >= 15 is 0 Å². The number of rotatable bonds is 9. The zero-order valence-corrected chi connectivity index (χ0v) is 12.3. The van der Waals surface area contributed by atoms with Gasteiger partial charge in [0.15, 0.2) is 0 Å². The molecular formula is C17H27NO. The molecule has 2 nitrogen and oxygen atoms in total. The van der Waals surface area contributed by atoms with Crippen molar-refractivity contribution >= 4 is 0 Å². The number of ether oxygens (including phenoxy) is 1. The molecule has 0 aliphatic carbocycles. The van der Waals surface area contributed by atoms with Crippen LogP contribution in [0.3, 0.4) is 0 Å². The molecule has 1 rings (SSSR count). The third kappa shape index (κ3) is 5.48. The van der Waals surface area contributed by atoms with Crippen molar-refractivity contribution in [3.05, 3.63) is 42.0 Å². The molecule has 0 aliphatic heterocycles. The molecule has 1 unspecified atom stereocenters. The van der Waals surface area contributed by atoms with E-state index in [2.05, 4.69) is 25.6 Å². The lowest BCUT2D eigenvalue weighted by molar-refractivity contribution is 0.302. The van der Waals surface area contributed by atoms with Crippen LogP contribution >= 0.6 is 0 Å². The van der Waals surface area contributed by atoms with Crippen molar-refractivity contribution < 1.29 is 4.74 Å². The molecule has 19 heavy (non-hydrogen) atoms. The van der Waals surface area contributed by atoms with Crippen LogP contribution in [0.15, 0.2) is 30.9 Å². The minimum Gasteiger partial charge on any atom is -0.493 e. The highest BCUT2D eigenvalue weighted by Gasteiger charge is 2.06. The fourth-order valence-electron chi connectivity index (χ4n) is 2.05. The average molecular weight is 261 g/mol. The third-order valence-corrected chi connectivity index (χ3v) is 3.23. The van der Waals surface area contributed by atoms with E-state index in [1.807, 2.05) is 19.1 Å². The van der Waals surface area contributed by atoms with E-state index < -0.39 is 0 Å². The first-order valence-electron chi connectivity index (χ1n) is 7.31. The van der Waals surface area contributed by atoms with Gasteiger partial charge in [0.1, 0.15) is 5.75 Å². The maximum atomic E-state index is 5.92. The zero-order chi connectivity index (χ0) is 14.1. The molecule has 0 aromatic heterocycles. The van der Waals surface area contributed by atoms with Crippen LogP contribution in [0.2, 0.25) is 0 Å². The number of allylic oxidation sites excluding steroid dienone is 1. The number of hydrogen-bond acceptors (Lipinski definition) is 2. The van der Waals surface area contributed by atoms with Gasteiger partial charge in [-0.1, -0.05) is 44.4 Å². The van der Waals surface area contributed by atoms with E-state index in [-0.39, 0.29) is 6.04 Å². The summed E-state index contributed by atoms with van der Waals surface area (Å²) in [6.45, 7) is 8.82. The molecule has 0 fully saturated rings. The summed E-state index contributed by atoms with van der Waals surface area (Å²) >= 11 is 0. The molecule has 0 bridgehead atoms. The van der Waals surface area contributed by atoms with E-state index in [0.29, 0.717) is 0 Å². The Bertz CT molecular complexity index is 385.